The average Bonchev–Trinajstić information content (AvgIpc) is 2.60. The lowest BCUT2D eigenvalue weighted by Crippen LogP contribution is -2.53. The van der Waals surface area contributed by atoms with E-state index in [1.165, 1.54) is 6.20 Å². The predicted molar refractivity (Wildman–Crippen MR) is 118 cm³/mol. The van der Waals surface area contributed by atoms with Crippen LogP contribution in [0.3, 0.4) is 0 Å². The molecule has 2 atom stereocenters. The largest absolute Gasteiger partial charge is 0.465 e. The van der Waals surface area contributed by atoms with Crippen LogP contribution in [-0.4, -0.2) is 24.5 Å². The molecule has 0 radical (unpaired) electrons. The maximum Gasteiger partial charge on any atom is 0.405 e. The van der Waals surface area contributed by atoms with Gasteiger partial charge >= 0.3 is 6.09 Å². The highest BCUT2D eigenvalue weighted by Crippen LogP contribution is 2.46. The van der Waals surface area contributed by atoms with Crippen molar-refractivity contribution in [2.24, 2.45) is 0 Å². The molecule has 0 aliphatic heterocycles. The average molecular weight is 501 g/mol. The van der Waals surface area contributed by atoms with E-state index in [2.05, 4.69) is 26.2 Å². The summed E-state index contributed by atoms with van der Waals surface area (Å²) in [5.41, 5.74) is -1.06. The minimum atomic E-state index is -2.55. The molecule has 2 N–H and O–H groups in total. The SMILES string of the molecule is CC(NC(=O)O)(c1cncc(Br)c1)C(O[Si](C)(C)C(C)(C)C)c1cc(F)ccc1F. The van der Waals surface area contributed by atoms with Crippen LogP contribution < -0.4 is 5.32 Å². The summed E-state index contributed by atoms with van der Waals surface area (Å²) < 4.78 is 36.2. The van der Waals surface area contributed by atoms with Gasteiger partial charge in [0.15, 0.2) is 8.32 Å². The minimum Gasteiger partial charge on any atom is -0.465 e. The van der Waals surface area contributed by atoms with Gasteiger partial charge in [-0.15, -0.1) is 0 Å². The quantitative estimate of drug-likeness (QED) is 0.452. The Morgan fingerprint density at radius 3 is 2.37 bits per heavy atom. The molecule has 0 aliphatic carbocycles. The van der Waals surface area contributed by atoms with Gasteiger partial charge < -0.3 is 14.8 Å². The number of aromatic nitrogens is 1. The molecule has 164 valence electrons. The van der Waals surface area contributed by atoms with Crippen molar-refractivity contribution in [3.63, 3.8) is 0 Å². The molecule has 0 aliphatic rings. The second kappa shape index (κ2) is 8.72. The van der Waals surface area contributed by atoms with E-state index in [0.717, 1.165) is 18.2 Å². The first-order valence-corrected chi connectivity index (χ1v) is 13.1. The second-order valence-corrected chi connectivity index (χ2v) is 14.6. The van der Waals surface area contributed by atoms with Gasteiger partial charge in [0.25, 0.3) is 0 Å². The molecule has 2 rings (SSSR count). The number of benzene rings is 1. The lowest BCUT2D eigenvalue weighted by molar-refractivity contribution is 0.0711. The van der Waals surface area contributed by atoms with E-state index < -0.39 is 37.7 Å². The van der Waals surface area contributed by atoms with Gasteiger partial charge in [0.05, 0.1) is 5.54 Å². The Balaban J connectivity index is 2.79. The van der Waals surface area contributed by atoms with Gasteiger partial charge in [-0.1, -0.05) is 20.8 Å². The first kappa shape index (κ1) is 24.4. The molecule has 1 heterocycles. The van der Waals surface area contributed by atoms with Crippen LogP contribution in [0.1, 0.15) is 44.9 Å². The number of rotatable bonds is 6. The summed E-state index contributed by atoms with van der Waals surface area (Å²) in [5, 5.41) is 11.8. The molecule has 0 saturated carbocycles. The molecule has 9 heteroatoms. The Morgan fingerprint density at radius 2 is 1.83 bits per heavy atom. The fourth-order valence-electron chi connectivity index (χ4n) is 2.89. The molecule has 0 saturated heterocycles. The van der Waals surface area contributed by atoms with E-state index in [1.807, 2.05) is 33.9 Å². The van der Waals surface area contributed by atoms with E-state index in [0.29, 0.717) is 10.0 Å². The summed E-state index contributed by atoms with van der Waals surface area (Å²) >= 11 is 3.34. The van der Waals surface area contributed by atoms with Crippen molar-refractivity contribution in [3.05, 3.63) is 63.9 Å². The number of pyridine rings is 1. The number of carboxylic acid groups (broad SMARTS) is 1. The van der Waals surface area contributed by atoms with Gasteiger partial charge in [-0.25, -0.2) is 13.6 Å². The second-order valence-electron chi connectivity index (χ2n) is 8.95. The number of amides is 1. The van der Waals surface area contributed by atoms with Gasteiger partial charge in [0.1, 0.15) is 17.7 Å². The summed E-state index contributed by atoms with van der Waals surface area (Å²) in [7, 11) is -2.55. The molecule has 5 nitrogen and oxygen atoms in total. The van der Waals surface area contributed by atoms with Gasteiger partial charge in [-0.2, -0.15) is 0 Å². The maximum atomic E-state index is 14.9. The van der Waals surface area contributed by atoms with Crippen molar-refractivity contribution in [1.82, 2.24) is 10.3 Å². The van der Waals surface area contributed by atoms with Crippen LogP contribution in [0.25, 0.3) is 0 Å². The van der Waals surface area contributed by atoms with Crippen molar-refractivity contribution in [1.29, 1.82) is 0 Å². The molecule has 1 aromatic carbocycles. The first-order valence-electron chi connectivity index (χ1n) is 9.42. The topological polar surface area (TPSA) is 71.5 Å². The summed E-state index contributed by atoms with van der Waals surface area (Å²) in [6, 6.07) is 4.78. The number of nitrogens with one attached hydrogen (secondary N) is 1. The third kappa shape index (κ3) is 5.25. The molecule has 1 aromatic heterocycles. The molecule has 0 bridgehead atoms. The summed E-state index contributed by atoms with van der Waals surface area (Å²) in [6.07, 6.45) is 0.580. The summed E-state index contributed by atoms with van der Waals surface area (Å²) in [6.45, 7) is 11.6. The molecule has 30 heavy (non-hydrogen) atoms. The van der Waals surface area contributed by atoms with Crippen LogP contribution >= 0.6 is 15.9 Å². The number of carbonyl (C=O) groups is 1. The zero-order chi connectivity index (χ0) is 22.9. The molecule has 2 unspecified atom stereocenters. The van der Waals surface area contributed by atoms with Crippen LogP contribution in [0.5, 0.6) is 0 Å². The molecule has 1 amide bonds. The van der Waals surface area contributed by atoms with E-state index in [9.17, 15) is 18.7 Å². The Hall–Kier alpha value is -1.84. The normalized spacial score (nSPS) is 15.4. The van der Waals surface area contributed by atoms with Gasteiger partial charge in [0.2, 0.25) is 0 Å². The summed E-state index contributed by atoms with van der Waals surface area (Å²) in [4.78, 5) is 15.9. The van der Waals surface area contributed by atoms with E-state index >= 15 is 0 Å². The van der Waals surface area contributed by atoms with Crippen LogP contribution in [0.2, 0.25) is 18.1 Å². The van der Waals surface area contributed by atoms with E-state index in [-0.39, 0.29) is 10.6 Å². The predicted octanol–water partition coefficient (Wildman–Crippen LogP) is 6.37. The fourth-order valence-corrected chi connectivity index (χ4v) is 4.56. The van der Waals surface area contributed by atoms with Crippen molar-refractivity contribution in [2.45, 2.75) is 57.5 Å². The zero-order valence-electron chi connectivity index (χ0n) is 17.9. The maximum absolute atomic E-state index is 14.9. The van der Waals surface area contributed by atoms with Gasteiger partial charge in [-0.3, -0.25) is 4.98 Å². The molecule has 0 fully saturated rings. The van der Waals surface area contributed by atoms with Crippen molar-refractivity contribution in [3.8, 4) is 0 Å². The number of nitrogens with zero attached hydrogens (tertiary/aromatic N) is 1. The Morgan fingerprint density at radius 1 is 1.20 bits per heavy atom. The van der Waals surface area contributed by atoms with Crippen LogP contribution in [-0.2, 0) is 9.96 Å². The highest BCUT2D eigenvalue weighted by Gasteiger charge is 2.47. The third-order valence-electron chi connectivity index (χ3n) is 5.65. The van der Waals surface area contributed by atoms with E-state index in [4.69, 9.17) is 4.43 Å². The first-order chi connectivity index (χ1) is 13.7. The lowest BCUT2D eigenvalue weighted by Gasteiger charge is -2.45. The standard InChI is InChI=1S/C21H27BrF2N2O3Si/c1-20(2,3)30(5,6)29-18(16-10-15(23)7-8-17(16)24)21(4,26-19(27)28)13-9-14(22)12-25-11-13/h7-12,18,26H,1-6H3,(H,27,28). The van der Waals surface area contributed by atoms with Crippen LogP contribution in [0.15, 0.2) is 41.1 Å². The Labute approximate surface area is 185 Å². The van der Waals surface area contributed by atoms with Gasteiger partial charge in [0, 0.05) is 22.4 Å². The third-order valence-corrected chi connectivity index (χ3v) is 10.5. The minimum absolute atomic E-state index is 0.0592. The monoisotopic (exact) mass is 500 g/mol. The number of hydrogen-bond acceptors (Lipinski definition) is 3. The van der Waals surface area contributed by atoms with Crippen molar-refractivity contribution >= 4 is 30.3 Å². The summed E-state index contributed by atoms with van der Waals surface area (Å²) in [5.74, 6) is -1.32. The molecular formula is C21H27BrF2N2O3Si. The smallest absolute Gasteiger partial charge is 0.405 e. The molecular weight excluding hydrogens is 474 g/mol. The van der Waals surface area contributed by atoms with E-state index in [1.54, 1.807) is 19.2 Å². The highest BCUT2D eigenvalue weighted by molar-refractivity contribution is 9.10. The number of halogens is 3. The fraction of sp³-hybridized carbons (Fsp3) is 0.429. The molecule has 0 spiro atoms. The Bertz CT molecular complexity index is 937. The van der Waals surface area contributed by atoms with Crippen molar-refractivity contribution in [2.75, 3.05) is 0 Å². The lowest BCUT2D eigenvalue weighted by atomic mass is 9.83. The highest BCUT2D eigenvalue weighted by atomic mass is 79.9. The van der Waals surface area contributed by atoms with Crippen molar-refractivity contribution < 1.29 is 23.1 Å². The van der Waals surface area contributed by atoms with Crippen LogP contribution in [0.4, 0.5) is 13.6 Å². The number of hydrogen-bond donors (Lipinski definition) is 2. The zero-order valence-corrected chi connectivity index (χ0v) is 20.5. The van der Waals surface area contributed by atoms with Crippen LogP contribution in [0, 0.1) is 11.6 Å². The molecule has 2 aromatic rings. The van der Waals surface area contributed by atoms with Gasteiger partial charge in [-0.05, 0) is 70.8 Å². The Kier molecular flexibility index (Phi) is 7.10.